The van der Waals surface area contributed by atoms with Gasteiger partial charge in [-0.1, -0.05) is 0 Å². The number of rotatable bonds is 9. The molecule has 0 saturated carbocycles. The van der Waals surface area contributed by atoms with Crippen molar-refractivity contribution in [2.45, 2.75) is 24.8 Å². The van der Waals surface area contributed by atoms with Crippen molar-refractivity contribution >= 4 is 21.9 Å². The van der Waals surface area contributed by atoms with Gasteiger partial charge < -0.3 is 14.7 Å². The first-order chi connectivity index (χ1) is 11.6. The van der Waals surface area contributed by atoms with Crippen molar-refractivity contribution < 1.29 is 27.9 Å². The molecule has 0 aliphatic carbocycles. The topological polar surface area (TPSA) is 104 Å². The Morgan fingerprint density at radius 2 is 1.76 bits per heavy atom. The number of carbonyl (C=O) groups is 2. The summed E-state index contributed by atoms with van der Waals surface area (Å²) in [6.45, 7) is 3.38. The largest absolute Gasteiger partial charge is 0.480 e. The number of carbonyl (C=O) groups excluding carboxylic acids is 1. The second kappa shape index (κ2) is 8.93. The number of carboxylic acids is 1. The lowest BCUT2D eigenvalue weighted by Gasteiger charge is -2.22. The third-order valence-corrected chi connectivity index (χ3v) is 5.73. The second-order valence-corrected chi connectivity index (χ2v) is 7.75. The van der Waals surface area contributed by atoms with Gasteiger partial charge in [0.1, 0.15) is 6.54 Å². The first-order valence-corrected chi connectivity index (χ1v) is 9.13. The van der Waals surface area contributed by atoms with Crippen molar-refractivity contribution in [3.8, 4) is 0 Å². The summed E-state index contributed by atoms with van der Waals surface area (Å²) in [4.78, 5) is 24.6. The minimum absolute atomic E-state index is 0.0712. The fourth-order valence-corrected chi connectivity index (χ4v) is 3.38. The summed E-state index contributed by atoms with van der Waals surface area (Å²) < 4.78 is 30.9. The van der Waals surface area contributed by atoms with Gasteiger partial charge in [-0.3, -0.25) is 9.59 Å². The Kier molecular flexibility index (Phi) is 7.53. The molecule has 0 aromatic heterocycles. The van der Waals surface area contributed by atoms with Gasteiger partial charge in [0.25, 0.3) is 5.91 Å². The first kappa shape index (κ1) is 21.1. The smallest absolute Gasteiger partial charge is 0.323 e. The summed E-state index contributed by atoms with van der Waals surface area (Å²) >= 11 is 0. The van der Waals surface area contributed by atoms with Crippen LogP contribution in [0, 0.1) is 0 Å². The van der Waals surface area contributed by atoms with Crippen molar-refractivity contribution in [1.29, 1.82) is 0 Å². The molecule has 140 valence electrons. The van der Waals surface area contributed by atoms with E-state index in [1.807, 2.05) is 0 Å². The van der Waals surface area contributed by atoms with Gasteiger partial charge in [0, 0.05) is 32.3 Å². The van der Waals surface area contributed by atoms with Gasteiger partial charge in [0.2, 0.25) is 10.0 Å². The predicted molar refractivity (Wildman–Crippen MR) is 91.9 cm³/mol. The standard InChI is InChI=1S/C16H24N2O6S/c1-12(2)17(3)25(22,23)14-7-5-13(6-8-14)16(21)18(9-10-24-4)11-15(19)20/h5-8,12H,9-11H2,1-4H3,(H,19,20). The maximum atomic E-state index is 12.4. The van der Waals surface area contributed by atoms with Crippen molar-refractivity contribution in [1.82, 2.24) is 9.21 Å². The monoisotopic (exact) mass is 372 g/mol. The molecular formula is C16H24N2O6S. The summed E-state index contributed by atoms with van der Waals surface area (Å²) in [5.41, 5.74) is 0.212. The zero-order valence-corrected chi connectivity index (χ0v) is 15.6. The normalized spacial score (nSPS) is 11.8. The lowest BCUT2D eigenvalue weighted by molar-refractivity contribution is -0.137. The van der Waals surface area contributed by atoms with Crippen LogP contribution in [0.15, 0.2) is 29.2 Å². The second-order valence-electron chi connectivity index (χ2n) is 5.75. The number of methoxy groups -OCH3 is 1. The summed E-state index contributed by atoms with van der Waals surface area (Å²) in [6, 6.07) is 5.25. The highest BCUT2D eigenvalue weighted by Gasteiger charge is 2.24. The number of carboxylic acid groups (broad SMARTS) is 1. The third kappa shape index (κ3) is 5.52. The molecule has 1 rings (SSSR count). The van der Waals surface area contributed by atoms with Crippen LogP contribution >= 0.6 is 0 Å². The molecule has 1 N–H and O–H groups in total. The van der Waals surface area contributed by atoms with Gasteiger partial charge in [0.05, 0.1) is 11.5 Å². The molecule has 0 heterocycles. The fraction of sp³-hybridized carbons (Fsp3) is 0.500. The molecule has 0 bridgehead atoms. The number of ether oxygens (including phenoxy) is 1. The van der Waals surface area contributed by atoms with E-state index >= 15 is 0 Å². The average Bonchev–Trinajstić information content (AvgIpc) is 2.56. The molecule has 0 aliphatic heterocycles. The van der Waals surface area contributed by atoms with E-state index in [-0.39, 0.29) is 29.7 Å². The molecule has 1 aromatic rings. The molecule has 0 radical (unpaired) electrons. The average molecular weight is 372 g/mol. The molecule has 25 heavy (non-hydrogen) atoms. The number of nitrogens with zero attached hydrogens (tertiary/aromatic N) is 2. The minimum Gasteiger partial charge on any atom is -0.480 e. The molecule has 0 spiro atoms. The van der Waals surface area contributed by atoms with Crippen molar-refractivity contribution in [2.24, 2.45) is 0 Å². The molecule has 8 nitrogen and oxygen atoms in total. The SMILES string of the molecule is COCCN(CC(=O)O)C(=O)c1ccc(S(=O)(=O)N(C)C(C)C)cc1. The van der Waals surface area contributed by atoms with Gasteiger partial charge in [-0.25, -0.2) is 8.42 Å². The molecule has 1 amide bonds. The van der Waals surface area contributed by atoms with Crippen molar-refractivity contribution in [2.75, 3.05) is 33.9 Å². The van der Waals surface area contributed by atoms with Gasteiger partial charge in [-0.05, 0) is 38.1 Å². The Bertz CT molecular complexity index is 700. The Labute approximate surface area is 148 Å². The van der Waals surface area contributed by atoms with E-state index in [0.29, 0.717) is 0 Å². The number of sulfonamides is 1. The highest BCUT2D eigenvalue weighted by Crippen LogP contribution is 2.18. The molecule has 0 fully saturated rings. The van der Waals surface area contributed by atoms with E-state index in [9.17, 15) is 18.0 Å². The van der Waals surface area contributed by atoms with E-state index in [1.54, 1.807) is 13.8 Å². The van der Waals surface area contributed by atoms with Crippen LogP contribution in [0.5, 0.6) is 0 Å². The van der Waals surface area contributed by atoms with Crippen LogP contribution in [0.25, 0.3) is 0 Å². The summed E-state index contributed by atoms with van der Waals surface area (Å²) in [5, 5.41) is 8.92. The summed E-state index contributed by atoms with van der Waals surface area (Å²) in [6.07, 6.45) is 0. The molecular weight excluding hydrogens is 348 g/mol. The summed E-state index contributed by atoms with van der Waals surface area (Å²) in [5.74, 6) is -1.64. The van der Waals surface area contributed by atoms with Gasteiger partial charge in [-0.15, -0.1) is 0 Å². The zero-order valence-electron chi connectivity index (χ0n) is 14.8. The Hall–Kier alpha value is -1.97. The van der Waals surface area contributed by atoms with E-state index in [1.165, 1.54) is 42.7 Å². The highest BCUT2D eigenvalue weighted by molar-refractivity contribution is 7.89. The molecule has 0 atom stereocenters. The summed E-state index contributed by atoms with van der Waals surface area (Å²) in [7, 11) is -0.703. The van der Waals surface area contributed by atoms with Crippen LogP contribution in [0.1, 0.15) is 24.2 Å². The van der Waals surface area contributed by atoms with Gasteiger partial charge >= 0.3 is 5.97 Å². The quantitative estimate of drug-likeness (QED) is 0.690. The van der Waals surface area contributed by atoms with E-state index in [2.05, 4.69) is 0 Å². The number of hydrogen-bond acceptors (Lipinski definition) is 5. The Morgan fingerprint density at radius 3 is 2.20 bits per heavy atom. The maximum Gasteiger partial charge on any atom is 0.323 e. The van der Waals surface area contributed by atoms with Crippen molar-refractivity contribution in [3.05, 3.63) is 29.8 Å². The number of amides is 1. The highest BCUT2D eigenvalue weighted by atomic mass is 32.2. The molecule has 0 aliphatic rings. The van der Waals surface area contributed by atoms with Crippen LogP contribution in [0.4, 0.5) is 0 Å². The zero-order chi connectivity index (χ0) is 19.2. The van der Waals surface area contributed by atoms with Crippen LogP contribution in [0.2, 0.25) is 0 Å². The lowest BCUT2D eigenvalue weighted by atomic mass is 10.2. The number of hydrogen-bond donors (Lipinski definition) is 1. The van der Waals surface area contributed by atoms with Crippen LogP contribution in [-0.4, -0.2) is 74.5 Å². The van der Waals surface area contributed by atoms with E-state index in [0.717, 1.165) is 4.90 Å². The van der Waals surface area contributed by atoms with Gasteiger partial charge in [0.15, 0.2) is 0 Å². The van der Waals surface area contributed by atoms with Crippen LogP contribution in [0.3, 0.4) is 0 Å². The van der Waals surface area contributed by atoms with Gasteiger partial charge in [-0.2, -0.15) is 4.31 Å². The lowest BCUT2D eigenvalue weighted by Crippen LogP contribution is -2.38. The van der Waals surface area contributed by atoms with Crippen LogP contribution < -0.4 is 0 Å². The number of aliphatic carboxylic acids is 1. The maximum absolute atomic E-state index is 12.4. The van der Waals surface area contributed by atoms with Crippen molar-refractivity contribution in [3.63, 3.8) is 0 Å². The molecule has 1 aromatic carbocycles. The van der Waals surface area contributed by atoms with E-state index < -0.39 is 28.4 Å². The van der Waals surface area contributed by atoms with E-state index in [4.69, 9.17) is 9.84 Å². The Morgan fingerprint density at radius 1 is 1.20 bits per heavy atom. The minimum atomic E-state index is -3.64. The third-order valence-electron chi connectivity index (χ3n) is 3.68. The Balaban J connectivity index is 3.04. The molecule has 0 unspecified atom stereocenters. The van der Waals surface area contributed by atoms with Crippen LogP contribution in [-0.2, 0) is 19.6 Å². The predicted octanol–water partition coefficient (Wildman–Crippen LogP) is 0.889. The molecule has 0 saturated heterocycles. The molecule has 9 heteroatoms. The number of benzene rings is 1. The fourth-order valence-electron chi connectivity index (χ4n) is 2.01. The first-order valence-electron chi connectivity index (χ1n) is 7.69.